The number of hydrogen-bond donors (Lipinski definition) is 2. The van der Waals surface area contributed by atoms with Gasteiger partial charge in [-0.15, -0.1) is 0 Å². The maximum absolute atomic E-state index is 5.55. The third-order valence-electron chi connectivity index (χ3n) is 3.96. The van der Waals surface area contributed by atoms with Gasteiger partial charge in [-0.3, -0.25) is 0 Å². The van der Waals surface area contributed by atoms with Gasteiger partial charge in [0.2, 0.25) is 0 Å². The standard InChI is InChI=1S/C15H24N2O2/c1-10-7-14(19-4)12(8-13(10)18-3)15(16-2)11-5-6-17-9-11/h7-8,11,15-17H,5-6,9H2,1-4H3. The van der Waals surface area contributed by atoms with E-state index in [0.29, 0.717) is 12.0 Å². The summed E-state index contributed by atoms with van der Waals surface area (Å²) >= 11 is 0. The third kappa shape index (κ3) is 2.85. The van der Waals surface area contributed by atoms with Gasteiger partial charge in [0.25, 0.3) is 0 Å². The van der Waals surface area contributed by atoms with Crippen LogP contribution >= 0.6 is 0 Å². The lowest BCUT2D eigenvalue weighted by Gasteiger charge is -2.25. The number of aryl methyl sites for hydroxylation is 1. The summed E-state index contributed by atoms with van der Waals surface area (Å²) in [6.45, 7) is 4.18. The summed E-state index contributed by atoms with van der Waals surface area (Å²) < 4.78 is 11.0. The van der Waals surface area contributed by atoms with Gasteiger partial charge >= 0.3 is 0 Å². The van der Waals surface area contributed by atoms with Crippen molar-refractivity contribution in [1.29, 1.82) is 0 Å². The molecule has 0 bridgehead atoms. The van der Waals surface area contributed by atoms with Crippen LogP contribution in [-0.2, 0) is 0 Å². The molecule has 106 valence electrons. The largest absolute Gasteiger partial charge is 0.496 e. The Labute approximate surface area is 115 Å². The molecule has 2 rings (SSSR count). The van der Waals surface area contributed by atoms with Gasteiger partial charge in [0.15, 0.2) is 0 Å². The third-order valence-corrected chi connectivity index (χ3v) is 3.96. The molecule has 1 aromatic carbocycles. The zero-order chi connectivity index (χ0) is 13.8. The Morgan fingerprint density at radius 2 is 2.00 bits per heavy atom. The lowest BCUT2D eigenvalue weighted by Crippen LogP contribution is -2.27. The first kappa shape index (κ1) is 14.2. The fourth-order valence-electron chi connectivity index (χ4n) is 2.92. The SMILES string of the molecule is CNC(c1cc(OC)c(C)cc1OC)C1CCNC1. The molecule has 1 aromatic rings. The van der Waals surface area contributed by atoms with Crippen molar-refractivity contribution in [3.63, 3.8) is 0 Å². The van der Waals surface area contributed by atoms with Gasteiger partial charge in [0.1, 0.15) is 11.5 Å². The zero-order valence-electron chi connectivity index (χ0n) is 12.2. The van der Waals surface area contributed by atoms with Crippen LogP contribution in [-0.4, -0.2) is 34.4 Å². The molecule has 1 aliphatic rings. The van der Waals surface area contributed by atoms with E-state index in [1.165, 1.54) is 12.0 Å². The van der Waals surface area contributed by atoms with Crippen LogP contribution in [0.3, 0.4) is 0 Å². The van der Waals surface area contributed by atoms with E-state index in [4.69, 9.17) is 9.47 Å². The molecule has 4 heteroatoms. The van der Waals surface area contributed by atoms with E-state index < -0.39 is 0 Å². The van der Waals surface area contributed by atoms with E-state index in [-0.39, 0.29) is 0 Å². The van der Waals surface area contributed by atoms with Crippen LogP contribution in [0.15, 0.2) is 12.1 Å². The lowest BCUT2D eigenvalue weighted by atomic mass is 9.91. The fraction of sp³-hybridized carbons (Fsp3) is 0.600. The maximum atomic E-state index is 5.55. The Kier molecular flexibility index (Phi) is 4.66. The average molecular weight is 264 g/mol. The zero-order valence-corrected chi connectivity index (χ0v) is 12.2. The van der Waals surface area contributed by atoms with Gasteiger partial charge in [0.05, 0.1) is 14.2 Å². The Bertz CT molecular complexity index is 428. The highest BCUT2D eigenvalue weighted by Gasteiger charge is 2.27. The highest BCUT2D eigenvalue weighted by Crippen LogP contribution is 2.36. The van der Waals surface area contributed by atoms with Gasteiger partial charge in [0, 0.05) is 11.6 Å². The van der Waals surface area contributed by atoms with Gasteiger partial charge in [-0.1, -0.05) is 0 Å². The number of nitrogens with one attached hydrogen (secondary N) is 2. The van der Waals surface area contributed by atoms with Crippen LogP contribution in [0.1, 0.15) is 23.6 Å². The van der Waals surface area contributed by atoms with Crippen LogP contribution in [0.5, 0.6) is 11.5 Å². The van der Waals surface area contributed by atoms with Crippen LogP contribution in [0, 0.1) is 12.8 Å². The van der Waals surface area contributed by atoms with Gasteiger partial charge in [-0.05, 0) is 57.1 Å². The summed E-state index contributed by atoms with van der Waals surface area (Å²) in [6, 6.07) is 4.45. The van der Waals surface area contributed by atoms with Crippen LogP contribution in [0.25, 0.3) is 0 Å². The second-order valence-corrected chi connectivity index (χ2v) is 5.08. The molecule has 2 unspecified atom stereocenters. The minimum absolute atomic E-state index is 0.291. The minimum atomic E-state index is 0.291. The minimum Gasteiger partial charge on any atom is -0.496 e. The van der Waals surface area contributed by atoms with E-state index in [0.717, 1.165) is 30.2 Å². The molecular weight excluding hydrogens is 240 g/mol. The lowest BCUT2D eigenvalue weighted by molar-refractivity contribution is 0.363. The second-order valence-electron chi connectivity index (χ2n) is 5.08. The molecule has 1 fully saturated rings. The van der Waals surface area contributed by atoms with Crippen molar-refractivity contribution in [3.05, 3.63) is 23.3 Å². The molecule has 2 atom stereocenters. The number of rotatable bonds is 5. The Balaban J connectivity index is 2.39. The number of benzene rings is 1. The highest BCUT2D eigenvalue weighted by molar-refractivity contribution is 5.47. The van der Waals surface area contributed by atoms with Crippen molar-refractivity contribution in [2.45, 2.75) is 19.4 Å². The Hall–Kier alpha value is -1.26. The first-order valence-corrected chi connectivity index (χ1v) is 6.81. The first-order valence-electron chi connectivity index (χ1n) is 6.81. The summed E-state index contributed by atoms with van der Waals surface area (Å²) in [7, 11) is 5.45. The molecule has 0 spiro atoms. The van der Waals surface area contributed by atoms with Crippen molar-refractivity contribution < 1.29 is 9.47 Å². The first-order chi connectivity index (χ1) is 9.21. The average Bonchev–Trinajstić information content (AvgIpc) is 2.94. The Morgan fingerprint density at radius 1 is 1.26 bits per heavy atom. The highest BCUT2D eigenvalue weighted by atomic mass is 16.5. The van der Waals surface area contributed by atoms with Crippen LogP contribution in [0.4, 0.5) is 0 Å². The van der Waals surface area contributed by atoms with Crippen LogP contribution < -0.4 is 20.1 Å². The molecule has 0 saturated carbocycles. The van der Waals surface area contributed by atoms with Gasteiger partial charge < -0.3 is 20.1 Å². The molecule has 0 radical (unpaired) electrons. The van der Waals surface area contributed by atoms with E-state index in [2.05, 4.69) is 22.8 Å². The summed E-state index contributed by atoms with van der Waals surface area (Å²) in [5, 5.41) is 6.85. The number of ether oxygens (including phenoxy) is 2. The summed E-state index contributed by atoms with van der Waals surface area (Å²) in [5.74, 6) is 2.44. The number of methoxy groups -OCH3 is 2. The molecule has 1 saturated heterocycles. The van der Waals surface area contributed by atoms with Crippen molar-refractivity contribution in [2.24, 2.45) is 5.92 Å². The van der Waals surface area contributed by atoms with E-state index in [9.17, 15) is 0 Å². The molecule has 1 aliphatic heterocycles. The van der Waals surface area contributed by atoms with Gasteiger partial charge in [-0.25, -0.2) is 0 Å². The smallest absolute Gasteiger partial charge is 0.124 e. The van der Waals surface area contributed by atoms with Crippen molar-refractivity contribution in [1.82, 2.24) is 10.6 Å². The molecule has 1 heterocycles. The fourth-order valence-corrected chi connectivity index (χ4v) is 2.92. The molecule has 0 amide bonds. The van der Waals surface area contributed by atoms with E-state index in [1.54, 1.807) is 14.2 Å². The normalized spacial score (nSPS) is 20.3. The predicted octanol–water partition coefficient (Wildman–Crippen LogP) is 1.88. The predicted molar refractivity (Wildman–Crippen MR) is 77.1 cm³/mol. The summed E-state index contributed by atoms with van der Waals surface area (Å²) in [5.41, 5.74) is 2.28. The molecular formula is C15H24N2O2. The van der Waals surface area contributed by atoms with Gasteiger partial charge in [-0.2, -0.15) is 0 Å². The molecule has 0 aliphatic carbocycles. The van der Waals surface area contributed by atoms with E-state index in [1.807, 2.05) is 14.0 Å². The van der Waals surface area contributed by atoms with Crippen LogP contribution in [0.2, 0.25) is 0 Å². The number of hydrogen-bond acceptors (Lipinski definition) is 4. The quantitative estimate of drug-likeness (QED) is 0.852. The molecule has 2 N–H and O–H groups in total. The second kappa shape index (κ2) is 6.26. The maximum Gasteiger partial charge on any atom is 0.124 e. The summed E-state index contributed by atoms with van der Waals surface area (Å²) in [6.07, 6.45) is 1.19. The molecule has 4 nitrogen and oxygen atoms in total. The topological polar surface area (TPSA) is 42.5 Å². The summed E-state index contributed by atoms with van der Waals surface area (Å²) in [4.78, 5) is 0. The van der Waals surface area contributed by atoms with Crippen molar-refractivity contribution in [2.75, 3.05) is 34.4 Å². The molecule has 19 heavy (non-hydrogen) atoms. The monoisotopic (exact) mass is 264 g/mol. The van der Waals surface area contributed by atoms with E-state index >= 15 is 0 Å². The van der Waals surface area contributed by atoms with Crippen molar-refractivity contribution >= 4 is 0 Å². The Morgan fingerprint density at radius 3 is 2.53 bits per heavy atom. The van der Waals surface area contributed by atoms with Crippen molar-refractivity contribution in [3.8, 4) is 11.5 Å². The molecule has 0 aromatic heterocycles.